The molecule has 3 rings (SSSR count). The number of H-pyrrole nitrogens is 1. The summed E-state index contributed by atoms with van der Waals surface area (Å²) in [7, 11) is 0. The molecule has 0 aliphatic heterocycles. The minimum Gasteiger partial charge on any atom is -0.340 e. The van der Waals surface area contributed by atoms with Crippen LogP contribution in [0.3, 0.4) is 0 Å². The molecule has 3 N–H and O–H groups in total. The molecule has 7 heteroatoms. The third-order valence-corrected chi connectivity index (χ3v) is 4.45. The van der Waals surface area contributed by atoms with E-state index in [1.807, 2.05) is 30.3 Å². The van der Waals surface area contributed by atoms with Crippen LogP contribution in [0.4, 0.5) is 0 Å². The topological polar surface area (TPSA) is 101 Å². The van der Waals surface area contributed by atoms with E-state index in [1.165, 1.54) is 0 Å². The third kappa shape index (κ3) is 4.32. The lowest BCUT2D eigenvalue weighted by Crippen LogP contribution is -2.44. The van der Waals surface area contributed by atoms with Crippen LogP contribution in [-0.4, -0.2) is 40.0 Å². The Morgan fingerprint density at radius 3 is 2.44 bits per heavy atom. The molecule has 0 spiro atoms. The van der Waals surface area contributed by atoms with Crippen LogP contribution >= 0.6 is 0 Å². The van der Waals surface area contributed by atoms with Crippen LogP contribution in [-0.2, 0) is 17.8 Å². The normalized spacial score (nSPS) is 10.9. The summed E-state index contributed by atoms with van der Waals surface area (Å²) in [6.45, 7) is 0.837. The number of aromatic nitrogens is 2. The average molecular weight is 366 g/mol. The Balaban J connectivity index is 1.80. The summed E-state index contributed by atoms with van der Waals surface area (Å²) in [5.41, 5.74) is 6.13. The van der Waals surface area contributed by atoms with Crippen LogP contribution in [0.2, 0.25) is 0 Å². The van der Waals surface area contributed by atoms with E-state index in [4.69, 9.17) is 5.73 Å². The number of rotatable bonds is 7. The smallest absolute Gasteiger partial charge is 0.329 e. The van der Waals surface area contributed by atoms with Crippen molar-refractivity contribution in [2.45, 2.75) is 13.0 Å². The highest BCUT2D eigenvalue weighted by Crippen LogP contribution is 2.04. The maximum Gasteiger partial charge on any atom is 0.329 e. The molecule has 0 aliphatic carbocycles. The van der Waals surface area contributed by atoms with Crippen molar-refractivity contribution in [3.8, 4) is 0 Å². The van der Waals surface area contributed by atoms with Crippen LogP contribution in [0.15, 0.2) is 64.2 Å². The Labute approximate surface area is 156 Å². The molecular weight excluding hydrogens is 344 g/mol. The molecule has 0 bridgehead atoms. The second kappa shape index (κ2) is 8.46. The fraction of sp³-hybridized carbons (Fsp3) is 0.250. The number of hydrogen-bond acceptors (Lipinski definition) is 4. The van der Waals surface area contributed by atoms with E-state index in [1.54, 1.807) is 29.2 Å². The number of carbonyl (C=O) groups excluding carboxylic acids is 1. The lowest BCUT2D eigenvalue weighted by atomic mass is 10.1. The number of hydrogen-bond donors (Lipinski definition) is 2. The van der Waals surface area contributed by atoms with Gasteiger partial charge in [0.2, 0.25) is 5.91 Å². The highest BCUT2D eigenvalue weighted by atomic mass is 16.2. The second-order valence-corrected chi connectivity index (χ2v) is 6.27. The van der Waals surface area contributed by atoms with Gasteiger partial charge in [-0.2, -0.15) is 0 Å². The second-order valence-electron chi connectivity index (χ2n) is 6.27. The van der Waals surface area contributed by atoms with Crippen LogP contribution in [0.1, 0.15) is 5.56 Å². The van der Waals surface area contributed by atoms with E-state index < -0.39 is 11.2 Å². The predicted molar refractivity (Wildman–Crippen MR) is 105 cm³/mol. The molecule has 0 saturated carbocycles. The summed E-state index contributed by atoms with van der Waals surface area (Å²) in [6, 6.07) is 16.5. The largest absolute Gasteiger partial charge is 0.340 e. The molecule has 0 fully saturated rings. The molecule has 7 nitrogen and oxygen atoms in total. The van der Waals surface area contributed by atoms with Crippen molar-refractivity contribution in [2.24, 2.45) is 5.73 Å². The van der Waals surface area contributed by atoms with Gasteiger partial charge in [-0.25, -0.2) is 4.79 Å². The van der Waals surface area contributed by atoms with E-state index in [9.17, 15) is 14.4 Å². The van der Waals surface area contributed by atoms with Gasteiger partial charge in [0.15, 0.2) is 0 Å². The van der Waals surface area contributed by atoms with Gasteiger partial charge in [-0.05, 0) is 24.1 Å². The van der Waals surface area contributed by atoms with Crippen LogP contribution in [0.5, 0.6) is 0 Å². The molecule has 27 heavy (non-hydrogen) atoms. The van der Waals surface area contributed by atoms with Gasteiger partial charge in [0.1, 0.15) is 6.54 Å². The molecule has 2 aromatic carbocycles. The van der Waals surface area contributed by atoms with Crippen LogP contribution in [0.25, 0.3) is 10.9 Å². The standard InChI is InChI=1S/C20H22N4O3/c21-11-13-23(12-10-15-6-2-1-3-7-15)18(25)14-24-19(26)16-8-4-5-9-17(16)22-20(24)27/h1-9H,10-14,21H2,(H,22,27). The number of aromatic amines is 1. The highest BCUT2D eigenvalue weighted by Gasteiger charge is 2.16. The molecule has 0 saturated heterocycles. The SMILES string of the molecule is NCCN(CCc1ccccc1)C(=O)Cn1c(=O)[nH]c2ccccc2c1=O. The Hall–Kier alpha value is -3.19. The van der Waals surface area contributed by atoms with E-state index >= 15 is 0 Å². The fourth-order valence-electron chi connectivity index (χ4n) is 3.00. The zero-order valence-corrected chi connectivity index (χ0v) is 14.9. The lowest BCUT2D eigenvalue weighted by Gasteiger charge is -2.22. The molecule has 3 aromatic rings. The Morgan fingerprint density at radius 1 is 1.00 bits per heavy atom. The lowest BCUT2D eigenvalue weighted by molar-refractivity contribution is -0.131. The van der Waals surface area contributed by atoms with Crippen molar-refractivity contribution in [1.82, 2.24) is 14.5 Å². The van der Waals surface area contributed by atoms with Gasteiger partial charge in [0.05, 0.1) is 10.9 Å². The number of nitrogens with one attached hydrogen (secondary N) is 1. The summed E-state index contributed by atoms with van der Waals surface area (Å²) in [5.74, 6) is -0.306. The van der Waals surface area contributed by atoms with E-state index in [0.29, 0.717) is 37.0 Å². The van der Waals surface area contributed by atoms with Crippen molar-refractivity contribution in [3.05, 3.63) is 81.0 Å². The molecule has 1 heterocycles. The van der Waals surface area contributed by atoms with Gasteiger partial charge in [-0.1, -0.05) is 42.5 Å². The minimum absolute atomic E-state index is 0.306. The Bertz CT molecular complexity index is 1040. The third-order valence-electron chi connectivity index (χ3n) is 4.45. The van der Waals surface area contributed by atoms with E-state index in [2.05, 4.69) is 4.98 Å². The van der Waals surface area contributed by atoms with E-state index in [-0.39, 0.29) is 12.5 Å². The van der Waals surface area contributed by atoms with Crippen molar-refractivity contribution in [3.63, 3.8) is 0 Å². The van der Waals surface area contributed by atoms with Crippen LogP contribution in [0, 0.1) is 0 Å². The number of benzene rings is 2. The number of nitrogens with two attached hydrogens (primary N) is 1. The maximum absolute atomic E-state index is 12.7. The van der Waals surface area contributed by atoms with Crippen molar-refractivity contribution in [2.75, 3.05) is 19.6 Å². The maximum atomic E-state index is 12.7. The first-order chi connectivity index (χ1) is 13.1. The summed E-state index contributed by atoms with van der Waals surface area (Å²) in [4.78, 5) is 41.8. The number of para-hydroxylation sites is 1. The first-order valence-electron chi connectivity index (χ1n) is 8.84. The van der Waals surface area contributed by atoms with Crippen molar-refractivity contribution in [1.29, 1.82) is 0 Å². The molecule has 0 aliphatic rings. The molecule has 0 radical (unpaired) electrons. The van der Waals surface area contributed by atoms with Crippen LogP contribution < -0.4 is 17.0 Å². The van der Waals surface area contributed by atoms with Gasteiger partial charge in [-0.3, -0.25) is 14.2 Å². The highest BCUT2D eigenvalue weighted by molar-refractivity contribution is 5.79. The summed E-state index contributed by atoms with van der Waals surface area (Å²) in [6.07, 6.45) is 0.676. The molecule has 0 unspecified atom stereocenters. The predicted octanol–water partition coefficient (Wildman–Crippen LogP) is 0.720. The van der Waals surface area contributed by atoms with Crippen molar-refractivity contribution >= 4 is 16.8 Å². The number of nitrogens with zero attached hydrogens (tertiary/aromatic N) is 2. The summed E-state index contributed by atoms with van der Waals surface area (Å²) >= 11 is 0. The van der Waals surface area contributed by atoms with Gasteiger partial charge < -0.3 is 15.6 Å². The Morgan fingerprint density at radius 2 is 1.70 bits per heavy atom. The summed E-state index contributed by atoms with van der Waals surface area (Å²) < 4.78 is 0.941. The zero-order chi connectivity index (χ0) is 19.2. The number of fused-ring (bicyclic) bond motifs is 1. The fourth-order valence-corrected chi connectivity index (χ4v) is 3.00. The Kier molecular flexibility index (Phi) is 5.83. The minimum atomic E-state index is -0.595. The molecular formula is C20H22N4O3. The van der Waals surface area contributed by atoms with Gasteiger partial charge in [0, 0.05) is 19.6 Å². The average Bonchev–Trinajstić information content (AvgIpc) is 2.69. The van der Waals surface area contributed by atoms with Crippen molar-refractivity contribution < 1.29 is 4.79 Å². The van der Waals surface area contributed by atoms with E-state index in [0.717, 1.165) is 10.1 Å². The molecule has 1 amide bonds. The van der Waals surface area contributed by atoms with Gasteiger partial charge >= 0.3 is 5.69 Å². The summed E-state index contributed by atoms with van der Waals surface area (Å²) in [5, 5.41) is 0.375. The monoisotopic (exact) mass is 366 g/mol. The first kappa shape index (κ1) is 18.6. The molecule has 1 aromatic heterocycles. The molecule has 0 atom stereocenters. The van der Waals surface area contributed by atoms with Gasteiger partial charge in [0.25, 0.3) is 5.56 Å². The first-order valence-corrected chi connectivity index (χ1v) is 8.84. The zero-order valence-electron chi connectivity index (χ0n) is 14.9. The molecule has 140 valence electrons. The number of amides is 1. The quantitative estimate of drug-likeness (QED) is 0.643. The number of carbonyl (C=O) groups is 1. The van der Waals surface area contributed by atoms with Gasteiger partial charge in [-0.15, -0.1) is 0 Å².